The average molecular weight is 345 g/mol. The van der Waals surface area contributed by atoms with Crippen LogP contribution in [0.1, 0.15) is 28.4 Å². The van der Waals surface area contributed by atoms with E-state index in [1.165, 1.54) is 34.8 Å². The summed E-state index contributed by atoms with van der Waals surface area (Å²) in [6.07, 6.45) is 6.77. The molecule has 7 heteroatoms. The maximum Gasteiger partial charge on any atom is 0.227 e. The van der Waals surface area contributed by atoms with Gasteiger partial charge < -0.3 is 14.5 Å². The summed E-state index contributed by atoms with van der Waals surface area (Å²) in [4.78, 5) is 19.8. The Labute approximate surface area is 146 Å². The van der Waals surface area contributed by atoms with Gasteiger partial charge in [0.15, 0.2) is 0 Å². The predicted molar refractivity (Wildman–Crippen MR) is 95.9 cm³/mol. The van der Waals surface area contributed by atoms with Gasteiger partial charge in [0, 0.05) is 31.2 Å². The van der Waals surface area contributed by atoms with Crippen molar-refractivity contribution in [1.82, 2.24) is 15.0 Å². The number of morpholine rings is 1. The number of rotatable bonds is 4. The Morgan fingerprint density at radius 1 is 1.21 bits per heavy atom. The average Bonchev–Trinajstić information content (AvgIpc) is 3.05. The van der Waals surface area contributed by atoms with E-state index in [1.807, 2.05) is 23.6 Å². The number of hydrogen-bond donors (Lipinski definition) is 0. The number of thiazole rings is 1. The Bertz CT molecular complexity index is 675. The maximum atomic E-state index is 5.40. The van der Waals surface area contributed by atoms with E-state index in [4.69, 9.17) is 14.7 Å². The molecular weight excluding hydrogens is 322 g/mol. The van der Waals surface area contributed by atoms with Crippen molar-refractivity contribution in [3.8, 4) is 0 Å². The van der Waals surface area contributed by atoms with E-state index >= 15 is 0 Å². The van der Waals surface area contributed by atoms with E-state index in [0.29, 0.717) is 0 Å². The summed E-state index contributed by atoms with van der Waals surface area (Å²) in [6, 6.07) is 1.97. The van der Waals surface area contributed by atoms with E-state index in [0.717, 1.165) is 51.0 Å². The highest BCUT2D eigenvalue weighted by molar-refractivity contribution is 7.11. The van der Waals surface area contributed by atoms with Gasteiger partial charge in [0.25, 0.3) is 0 Å². The van der Waals surface area contributed by atoms with Gasteiger partial charge in [-0.1, -0.05) is 0 Å². The number of nitrogens with zero attached hydrogens (tertiary/aromatic N) is 5. The van der Waals surface area contributed by atoms with E-state index in [1.54, 1.807) is 0 Å². The Kier molecular flexibility index (Phi) is 4.62. The summed E-state index contributed by atoms with van der Waals surface area (Å²) >= 11 is 1.87. The molecule has 0 bridgehead atoms. The molecule has 6 nitrogen and oxygen atoms in total. The summed E-state index contributed by atoms with van der Waals surface area (Å²) in [6.45, 7) is 4.00. The zero-order valence-corrected chi connectivity index (χ0v) is 14.9. The summed E-state index contributed by atoms with van der Waals surface area (Å²) < 4.78 is 5.40. The molecule has 0 N–H and O–H groups in total. The van der Waals surface area contributed by atoms with Crippen molar-refractivity contribution in [3.05, 3.63) is 27.8 Å². The van der Waals surface area contributed by atoms with Crippen LogP contribution < -0.4 is 9.80 Å². The first kappa shape index (κ1) is 15.8. The second-order valence-corrected chi connectivity index (χ2v) is 7.52. The van der Waals surface area contributed by atoms with Crippen molar-refractivity contribution >= 4 is 23.1 Å². The minimum Gasteiger partial charge on any atom is -0.378 e. The van der Waals surface area contributed by atoms with Crippen LogP contribution in [0.4, 0.5) is 11.8 Å². The van der Waals surface area contributed by atoms with Crippen LogP contribution in [-0.2, 0) is 24.1 Å². The third kappa shape index (κ3) is 3.37. The van der Waals surface area contributed by atoms with Crippen LogP contribution in [0.2, 0.25) is 0 Å². The maximum absolute atomic E-state index is 5.40. The molecular formula is C17H23N5OS. The minimum absolute atomic E-state index is 0.744. The first-order chi connectivity index (χ1) is 11.8. The van der Waals surface area contributed by atoms with Gasteiger partial charge in [-0.15, -0.1) is 11.3 Å². The zero-order valence-electron chi connectivity index (χ0n) is 14.1. The lowest BCUT2D eigenvalue weighted by Crippen LogP contribution is -2.37. The van der Waals surface area contributed by atoms with Gasteiger partial charge >= 0.3 is 0 Å². The molecule has 24 heavy (non-hydrogen) atoms. The first-order valence-electron chi connectivity index (χ1n) is 8.64. The fourth-order valence-electron chi connectivity index (χ4n) is 3.22. The van der Waals surface area contributed by atoms with Gasteiger partial charge in [0.05, 0.1) is 25.5 Å². The van der Waals surface area contributed by atoms with E-state index < -0.39 is 0 Å². The number of fused-ring (bicyclic) bond motifs is 1. The molecule has 3 heterocycles. The highest BCUT2D eigenvalue weighted by atomic mass is 32.1. The van der Waals surface area contributed by atoms with Gasteiger partial charge in [-0.05, 0) is 31.7 Å². The highest BCUT2D eigenvalue weighted by Crippen LogP contribution is 2.28. The monoisotopic (exact) mass is 345 g/mol. The van der Waals surface area contributed by atoms with Crippen LogP contribution in [0.15, 0.2) is 12.3 Å². The van der Waals surface area contributed by atoms with Crippen molar-refractivity contribution in [2.24, 2.45) is 0 Å². The lowest BCUT2D eigenvalue weighted by molar-refractivity contribution is 0.122. The molecule has 2 aliphatic rings. The third-order valence-corrected chi connectivity index (χ3v) is 5.72. The van der Waals surface area contributed by atoms with Crippen molar-refractivity contribution in [2.75, 3.05) is 43.2 Å². The van der Waals surface area contributed by atoms with Crippen LogP contribution in [0.5, 0.6) is 0 Å². The summed E-state index contributed by atoms with van der Waals surface area (Å²) in [7, 11) is 2.08. The van der Waals surface area contributed by atoms with Crippen molar-refractivity contribution in [2.45, 2.75) is 32.2 Å². The van der Waals surface area contributed by atoms with Gasteiger partial charge in [0.1, 0.15) is 10.8 Å². The van der Waals surface area contributed by atoms with Crippen LogP contribution >= 0.6 is 11.3 Å². The Balaban J connectivity index is 1.47. The topological polar surface area (TPSA) is 54.4 Å². The Hall–Kier alpha value is -1.73. The second kappa shape index (κ2) is 7.03. The molecule has 1 saturated heterocycles. The fraction of sp³-hybridized carbons (Fsp3) is 0.588. The normalized spacial score (nSPS) is 17.6. The van der Waals surface area contributed by atoms with Gasteiger partial charge in [-0.2, -0.15) is 4.98 Å². The second-order valence-electron chi connectivity index (χ2n) is 6.35. The molecule has 2 aromatic rings. The predicted octanol–water partition coefficient (Wildman–Crippen LogP) is 2.28. The van der Waals surface area contributed by atoms with Gasteiger partial charge in [-0.3, -0.25) is 0 Å². The molecule has 128 valence electrons. The summed E-state index contributed by atoms with van der Waals surface area (Å²) in [5, 5.41) is 1.19. The standard InChI is InChI=1S/C17H23N5OS/c1-21(12-16-19-13-4-2-3-5-14(13)24-16)15-6-7-18-17(20-15)22-8-10-23-11-9-22/h6-7H,2-5,8-12H2,1H3. The minimum atomic E-state index is 0.744. The fourth-order valence-corrected chi connectivity index (χ4v) is 4.43. The van der Waals surface area contributed by atoms with Crippen LogP contribution in [-0.4, -0.2) is 48.3 Å². The first-order valence-corrected chi connectivity index (χ1v) is 9.45. The highest BCUT2D eigenvalue weighted by Gasteiger charge is 2.18. The number of anilines is 2. The molecule has 1 aliphatic heterocycles. The molecule has 2 aromatic heterocycles. The molecule has 0 atom stereocenters. The molecule has 0 radical (unpaired) electrons. The molecule has 0 aromatic carbocycles. The Morgan fingerprint density at radius 3 is 2.88 bits per heavy atom. The largest absolute Gasteiger partial charge is 0.378 e. The lowest BCUT2D eigenvalue weighted by Gasteiger charge is -2.27. The van der Waals surface area contributed by atoms with Gasteiger partial charge in [-0.25, -0.2) is 9.97 Å². The van der Waals surface area contributed by atoms with E-state index in [-0.39, 0.29) is 0 Å². The van der Waals surface area contributed by atoms with Crippen LogP contribution in [0, 0.1) is 0 Å². The molecule has 0 spiro atoms. The van der Waals surface area contributed by atoms with Crippen molar-refractivity contribution in [1.29, 1.82) is 0 Å². The van der Waals surface area contributed by atoms with Crippen LogP contribution in [0.3, 0.4) is 0 Å². The van der Waals surface area contributed by atoms with E-state index in [9.17, 15) is 0 Å². The summed E-state index contributed by atoms with van der Waals surface area (Å²) in [5.74, 6) is 1.74. The lowest BCUT2D eigenvalue weighted by atomic mass is 10.0. The van der Waals surface area contributed by atoms with Crippen LogP contribution in [0.25, 0.3) is 0 Å². The van der Waals surface area contributed by atoms with Crippen molar-refractivity contribution in [3.63, 3.8) is 0 Å². The number of ether oxygens (including phenoxy) is 1. The quantitative estimate of drug-likeness (QED) is 0.847. The Morgan fingerprint density at radius 2 is 2.04 bits per heavy atom. The zero-order chi connectivity index (χ0) is 16.4. The number of hydrogen-bond acceptors (Lipinski definition) is 7. The smallest absolute Gasteiger partial charge is 0.227 e. The number of aryl methyl sites for hydroxylation is 2. The number of aromatic nitrogens is 3. The molecule has 0 amide bonds. The molecule has 4 rings (SSSR count). The molecule has 1 aliphatic carbocycles. The molecule has 0 saturated carbocycles. The third-order valence-electron chi connectivity index (χ3n) is 4.58. The summed E-state index contributed by atoms with van der Waals surface area (Å²) in [5.41, 5.74) is 1.33. The van der Waals surface area contributed by atoms with Gasteiger partial charge in [0.2, 0.25) is 5.95 Å². The molecule has 0 unspecified atom stereocenters. The molecule has 1 fully saturated rings. The van der Waals surface area contributed by atoms with E-state index in [2.05, 4.69) is 21.8 Å². The SMILES string of the molecule is CN(Cc1nc2c(s1)CCCC2)c1ccnc(N2CCOCC2)n1. The van der Waals surface area contributed by atoms with Crippen molar-refractivity contribution < 1.29 is 4.74 Å².